The molecule has 140 valence electrons. The van der Waals surface area contributed by atoms with Crippen molar-refractivity contribution in [2.75, 3.05) is 13.1 Å². The maximum absolute atomic E-state index is 13.4. The van der Waals surface area contributed by atoms with Gasteiger partial charge in [-0.05, 0) is 41.8 Å². The lowest BCUT2D eigenvalue weighted by molar-refractivity contribution is -0.132. The predicted molar refractivity (Wildman–Crippen MR) is 99.2 cm³/mol. The first-order valence-electron chi connectivity index (χ1n) is 8.78. The Morgan fingerprint density at radius 1 is 1.04 bits per heavy atom. The number of likely N-dealkylation sites (tertiary alicyclic amines) is 1. The van der Waals surface area contributed by atoms with Crippen LogP contribution in [0.5, 0.6) is 0 Å². The quantitative estimate of drug-likeness (QED) is 0.796. The van der Waals surface area contributed by atoms with E-state index in [0.29, 0.717) is 43.2 Å². The lowest BCUT2D eigenvalue weighted by Gasteiger charge is -2.29. The molecule has 1 saturated heterocycles. The lowest BCUT2D eigenvalue weighted by atomic mass is 9.94. The minimum atomic E-state index is -0.581. The van der Waals surface area contributed by atoms with Crippen molar-refractivity contribution in [3.05, 3.63) is 70.2 Å². The van der Waals surface area contributed by atoms with Gasteiger partial charge in [0, 0.05) is 30.7 Å². The summed E-state index contributed by atoms with van der Waals surface area (Å²) >= 11 is 5.90. The average Bonchev–Trinajstić information content (AvgIpc) is 2.91. The number of rotatable bonds is 4. The predicted octanol–water partition coefficient (Wildman–Crippen LogP) is 3.84. The van der Waals surface area contributed by atoms with Gasteiger partial charge in [-0.3, -0.25) is 9.69 Å². The van der Waals surface area contributed by atoms with Crippen molar-refractivity contribution in [2.24, 2.45) is 11.0 Å². The van der Waals surface area contributed by atoms with Crippen LogP contribution in [0, 0.1) is 17.6 Å². The number of amides is 1. The molecule has 4 rings (SSSR count). The maximum atomic E-state index is 13.4. The van der Waals surface area contributed by atoms with E-state index in [1.54, 1.807) is 12.1 Å². The van der Waals surface area contributed by atoms with Crippen molar-refractivity contribution in [2.45, 2.75) is 19.5 Å². The van der Waals surface area contributed by atoms with Crippen LogP contribution in [-0.2, 0) is 17.9 Å². The van der Waals surface area contributed by atoms with Gasteiger partial charge in [0.15, 0.2) is 0 Å². The van der Waals surface area contributed by atoms with Gasteiger partial charge in [-0.2, -0.15) is 5.10 Å². The molecule has 2 aliphatic heterocycles. The van der Waals surface area contributed by atoms with Gasteiger partial charge in [0.1, 0.15) is 11.6 Å². The van der Waals surface area contributed by atoms with Gasteiger partial charge in [0.05, 0.1) is 18.2 Å². The van der Waals surface area contributed by atoms with Crippen molar-refractivity contribution < 1.29 is 13.6 Å². The second kappa shape index (κ2) is 7.37. The molecule has 0 saturated carbocycles. The number of nitrogens with zero attached hydrogens (tertiary/aromatic N) is 3. The summed E-state index contributed by atoms with van der Waals surface area (Å²) in [7, 11) is 0. The zero-order valence-electron chi connectivity index (χ0n) is 14.5. The molecule has 0 radical (unpaired) electrons. The molecule has 0 spiro atoms. The van der Waals surface area contributed by atoms with Gasteiger partial charge in [0.25, 0.3) is 5.91 Å². The third-order valence-electron chi connectivity index (χ3n) is 4.90. The van der Waals surface area contributed by atoms with Gasteiger partial charge in [0.2, 0.25) is 0 Å². The fourth-order valence-corrected chi connectivity index (χ4v) is 3.75. The molecular weight excluding hydrogens is 372 g/mol. The van der Waals surface area contributed by atoms with E-state index < -0.39 is 11.6 Å². The summed E-state index contributed by atoms with van der Waals surface area (Å²) in [6, 6.07) is 10.9. The molecule has 4 nitrogen and oxygen atoms in total. The van der Waals surface area contributed by atoms with E-state index in [0.717, 1.165) is 17.3 Å². The van der Waals surface area contributed by atoms with Crippen LogP contribution >= 0.6 is 11.6 Å². The highest BCUT2D eigenvalue weighted by atomic mass is 35.5. The SMILES string of the molecule is O=C1C2CCN(Cc3cc(F)cc(F)c3)CC2=NN1Cc1ccc(Cl)cc1. The molecule has 2 aliphatic rings. The van der Waals surface area contributed by atoms with Gasteiger partial charge >= 0.3 is 0 Å². The summed E-state index contributed by atoms with van der Waals surface area (Å²) in [5.41, 5.74) is 2.36. The number of fused-ring (bicyclic) bond motifs is 1. The van der Waals surface area contributed by atoms with Crippen molar-refractivity contribution in [1.29, 1.82) is 0 Å². The lowest BCUT2D eigenvalue weighted by Crippen LogP contribution is -2.41. The number of hydrogen-bond acceptors (Lipinski definition) is 3. The largest absolute Gasteiger partial charge is 0.293 e. The molecule has 2 heterocycles. The minimum absolute atomic E-state index is 0.0106. The van der Waals surface area contributed by atoms with E-state index in [1.165, 1.54) is 17.1 Å². The summed E-state index contributed by atoms with van der Waals surface area (Å²) in [5, 5.41) is 6.67. The molecule has 2 aromatic rings. The monoisotopic (exact) mass is 389 g/mol. The maximum Gasteiger partial charge on any atom is 0.251 e. The van der Waals surface area contributed by atoms with Gasteiger partial charge in [-0.25, -0.2) is 13.8 Å². The Balaban J connectivity index is 1.44. The molecule has 0 aromatic heterocycles. The van der Waals surface area contributed by atoms with E-state index in [9.17, 15) is 13.6 Å². The topological polar surface area (TPSA) is 35.9 Å². The number of hydrazone groups is 1. The average molecular weight is 390 g/mol. The van der Waals surface area contributed by atoms with Crippen LogP contribution in [-0.4, -0.2) is 34.6 Å². The molecule has 0 bridgehead atoms. The minimum Gasteiger partial charge on any atom is -0.293 e. The summed E-state index contributed by atoms with van der Waals surface area (Å²) in [5.74, 6) is -1.35. The molecule has 7 heteroatoms. The summed E-state index contributed by atoms with van der Waals surface area (Å²) in [4.78, 5) is 14.7. The van der Waals surface area contributed by atoms with Crippen molar-refractivity contribution in [3.63, 3.8) is 0 Å². The molecule has 1 amide bonds. The van der Waals surface area contributed by atoms with Crippen LogP contribution < -0.4 is 0 Å². The number of carbonyl (C=O) groups excluding carboxylic acids is 1. The standard InChI is InChI=1S/C20H18ClF2N3O/c21-15-3-1-13(2-4-15)11-26-20(27)18-5-6-25(12-19(18)24-26)10-14-7-16(22)9-17(23)8-14/h1-4,7-9,18H,5-6,10-12H2. The van der Waals surface area contributed by atoms with Gasteiger partial charge in [-0.15, -0.1) is 0 Å². The van der Waals surface area contributed by atoms with Crippen LogP contribution in [0.1, 0.15) is 17.5 Å². The van der Waals surface area contributed by atoms with Crippen molar-refractivity contribution in [3.8, 4) is 0 Å². The Bertz CT molecular complexity index is 880. The third-order valence-corrected chi connectivity index (χ3v) is 5.15. The van der Waals surface area contributed by atoms with Crippen LogP contribution in [0.4, 0.5) is 8.78 Å². The molecule has 1 unspecified atom stereocenters. The van der Waals surface area contributed by atoms with E-state index in [1.807, 2.05) is 12.1 Å². The highest BCUT2D eigenvalue weighted by Crippen LogP contribution is 2.27. The number of benzene rings is 2. The van der Waals surface area contributed by atoms with E-state index in [-0.39, 0.29) is 11.8 Å². The molecule has 27 heavy (non-hydrogen) atoms. The van der Waals surface area contributed by atoms with Crippen molar-refractivity contribution >= 4 is 23.2 Å². The van der Waals surface area contributed by atoms with Crippen LogP contribution in [0.15, 0.2) is 47.6 Å². The number of hydrogen-bond donors (Lipinski definition) is 0. The fourth-order valence-electron chi connectivity index (χ4n) is 3.62. The highest BCUT2D eigenvalue weighted by Gasteiger charge is 2.39. The Morgan fingerprint density at radius 2 is 1.74 bits per heavy atom. The second-order valence-corrected chi connectivity index (χ2v) is 7.38. The molecule has 1 fully saturated rings. The first kappa shape index (κ1) is 18.1. The molecule has 0 N–H and O–H groups in total. The molecular formula is C20H18ClF2N3O. The Hall–Kier alpha value is -2.31. The molecule has 2 aromatic carbocycles. The van der Waals surface area contributed by atoms with Crippen LogP contribution in [0.25, 0.3) is 0 Å². The van der Waals surface area contributed by atoms with E-state index >= 15 is 0 Å². The highest BCUT2D eigenvalue weighted by molar-refractivity contribution is 6.30. The Morgan fingerprint density at radius 3 is 2.44 bits per heavy atom. The first-order chi connectivity index (χ1) is 13.0. The van der Waals surface area contributed by atoms with E-state index in [4.69, 9.17) is 11.6 Å². The van der Waals surface area contributed by atoms with Gasteiger partial charge < -0.3 is 0 Å². The summed E-state index contributed by atoms with van der Waals surface area (Å²) < 4.78 is 26.8. The van der Waals surface area contributed by atoms with Crippen LogP contribution in [0.2, 0.25) is 5.02 Å². The fraction of sp³-hybridized carbons (Fsp3) is 0.300. The zero-order valence-corrected chi connectivity index (χ0v) is 15.3. The number of carbonyl (C=O) groups is 1. The molecule has 0 aliphatic carbocycles. The normalized spacial score (nSPS) is 20.0. The first-order valence-corrected chi connectivity index (χ1v) is 9.16. The Labute approximate surface area is 161 Å². The van der Waals surface area contributed by atoms with E-state index in [2.05, 4.69) is 10.0 Å². The Kier molecular flexibility index (Phi) is 4.93. The van der Waals surface area contributed by atoms with Crippen molar-refractivity contribution in [1.82, 2.24) is 9.91 Å². The van der Waals surface area contributed by atoms with Crippen LogP contribution in [0.3, 0.4) is 0 Å². The molecule has 1 atom stereocenters. The third kappa shape index (κ3) is 4.01. The number of piperidine rings is 1. The summed E-state index contributed by atoms with van der Waals surface area (Å²) in [6.07, 6.45) is 0.659. The van der Waals surface area contributed by atoms with Gasteiger partial charge in [-0.1, -0.05) is 23.7 Å². The smallest absolute Gasteiger partial charge is 0.251 e. The summed E-state index contributed by atoms with van der Waals surface area (Å²) in [6.45, 7) is 2.03. The second-order valence-electron chi connectivity index (χ2n) is 6.94. The number of halogens is 3. The zero-order chi connectivity index (χ0) is 19.0.